The van der Waals surface area contributed by atoms with Gasteiger partial charge in [0.1, 0.15) is 0 Å². The lowest BCUT2D eigenvalue weighted by molar-refractivity contribution is 0.163. The lowest BCUT2D eigenvalue weighted by atomic mass is 9.71. The van der Waals surface area contributed by atoms with Crippen molar-refractivity contribution in [2.45, 2.75) is 90.1 Å². The lowest BCUT2D eigenvalue weighted by Gasteiger charge is -2.38. The van der Waals surface area contributed by atoms with Crippen LogP contribution in [0.1, 0.15) is 78.1 Å². The Morgan fingerprint density at radius 3 is 2.31 bits per heavy atom. The number of nitrogens with one attached hydrogen (secondary N) is 1. The molecule has 0 saturated heterocycles. The van der Waals surface area contributed by atoms with Crippen molar-refractivity contribution in [1.29, 1.82) is 0 Å². The molecule has 16 heavy (non-hydrogen) atoms. The van der Waals surface area contributed by atoms with Crippen molar-refractivity contribution < 1.29 is 0 Å². The van der Waals surface area contributed by atoms with E-state index in [1.165, 1.54) is 64.2 Å². The maximum Gasteiger partial charge on any atom is 0.00699 e. The van der Waals surface area contributed by atoms with E-state index in [2.05, 4.69) is 19.2 Å². The van der Waals surface area contributed by atoms with Gasteiger partial charge in [-0.3, -0.25) is 0 Å². The first-order valence-corrected chi connectivity index (χ1v) is 7.50. The van der Waals surface area contributed by atoms with Gasteiger partial charge in [0.15, 0.2) is 0 Å². The van der Waals surface area contributed by atoms with Crippen LogP contribution in [0.25, 0.3) is 0 Å². The van der Waals surface area contributed by atoms with Gasteiger partial charge in [-0.25, -0.2) is 0 Å². The second-order valence-electron chi connectivity index (χ2n) is 6.34. The van der Waals surface area contributed by atoms with Gasteiger partial charge >= 0.3 is 0 Å². The fraction of sp³-hybridized carbons (Fsp3) is 1.00. The van der Waals surface area contributed by atoms with E-state index >= 15 is 0 Å². The predicted octanol–water partition coefficient (Wildman–Crippen LogP) is 4.27. The third-order valence-electron chi connectivity index (χ3n) is 4.95. The Morgan fingerprint density at radius 2 is 1.75 bits per heavy atom. The molecule has 1 heteroatoms. The smallest absolute Gasteiger partial charge is 0.00699 e. The van der Waals surface area contributed by atoms with E-state index in [4.69, 9.17) is 0 Å². The maximum atomic E-state index is 3.83. The van der Waals surface area contributed by atoms with E-state index in [0.717, 1.165) is 17.5 Å². The van der Waals surface area contributed by atoms with Crippen LogP contribution in [-0.2, 0) is 0 Å². The second kappa shape index (κ2) is 5.53. The van der Waals surface area contributed by atoms with E-state index in [1.54, 1.807) is 0 Å². The molecule has 2 rings (SSSR count). The lowest BCUT2D eigenvalue weighted by Crippen LogP contribution is -2.41. The van der Waals surface area contributed by atoms with Gasteiger partial charge < -0.3 is 5.32 Å². The van der Waals surface area contributed by atoms with Crippen LogP contribution in [0.15, 0.2) is 0 Å². The third kappa shape index (κ3) is 3.00. The summed E-state index contributed by atoms with van der Waals surface area (Å²) in [6.07, 6.45) is 14.6. The highest BCUT2D eigenvalue weighted by atomic mass is 14.9. The summed E-state index contributed by atoms with van der Waals surface area (Å²) in [6, 6.07) is 1.56. The zero-order chi connectivity index (χ0) is 11.4. The average molecular weight is 223 g/mol. The van der Waals surface area contributed by atoms with Crippen LogP contribution in [0.3, 0.4) is 0 Å². The van der Waals surface area contributed by atoms with E-state index in [9.17, 15) is 0 Å². The van der Waals surface area contributed by atoms with Gasteiger partial charge in [-0.1, -0.05) is 26.2 Å². The van der Waals surface area contributed by atoms with Crippen molar-refractivity contribution >= 4 is 0 Å². The van der Waals surface area contributed by atoms with Crippen molar-refractivity contribution in [2.75, 3.05) is 0 Å². The van der Waals surface area contributed by atoms with Crippen molar-refractivity contribution in [2.24, 2.45) is 5.41 Å². The van der Waals surface area contributed by atoms with Crippen molar-refractivity contribution in [1.82, 2.24) is 5.32 Å². The Bertz CT molecular complexity index is 195. The first-order chi connectivity index (χ1) is 7.74. The first-order valence-electron chi connectivity index (χ1n) is 7.50. The molecule has 0 aliphatic heterocycles. The monoisotopic (exact) mass is 223 g/mol. The summed E-state index contributed by atoms with van der Waals surface area (Å²) in [5.41, 5.74) is 0.798. The minimum absolute atomic E-state index is 0.729. The number of hydrogen-bond acceptors (Lipinski definition) is 1. The molecule has 1 N–H and O–H groups in total. The fourth-order valence-corrected chi connectivity index (χ4v) is 3.94. The van der Waals surface area contributed by atoms with Crippen molar-refractivity contribution in [3.8, 4) is 0 Å². The van der Waals surface area contributed by atoms with Crippen LogP contribution in [0.5, 0.6) is 0 Å². The fourth-order valence-electron chi connectivity index (χ4n) is 3.94. The average Bonchev–Trinajstić information content (AvgIpc) is 2.71. The molecule has 0 amide bonds. The molecule has 94 valence electrons. The second-order valence-corrected chi connectivity index (χ2v) is 6.34. The van der Waals surface area contributed by atoms with E-state index in [0.29, 0.717) is 0 Å². The van der Waals surface area contributed by atoms with E-state index < -0.39 is 0 Å². The topological polar surface area (TPSA) is 12.0 Å². The van der Waals surface area contributed by atoms with Crippen LogP contribution in [0.2, 0.25) is 0 Å². The Morgan fingerprint density at radius 1 is 1.12 bits per heavy atom. The van der Waals surface area contributed by atoms with E-state index in [1.807, 2.05) is 0 Å². The first kappa shape index (κ1) is 12.4. The molecule has 0 heterocycles. The number of hydrogen-bond donors (Lipinski definition) is 1. The zero-order valence-electron chi connectivity index (χ0n) is 11.2. The molecule has 1 spiro atoms. The maximum absolute atomic E-state index is 3.83. The van der Waals surface area contributed by atoms with E-state index in [-0.39, 0.29) is 0 Å². The zero-order valence-corrected chi connectivity index (χ0v) is 11.2. The summed E-state index contributed by atoms with van der Waals surface area (Å²) in [6.45, 7) is 4.63. The minimum atomic E-state index is 0.729. The molecule has 1 atom stereocenters. The van der Waals surface area contributed by atoms with Crippen LogP contribution in [0.4, 0.5) is 0 Å². The highest BCUT2D eigenvalue weighted by molar-refractivity contribution is 4.91. The Balaban J connectivity index is 1.72. The van der Waals surface area contributed by atoms with Gasteiger partial charge in [-0.15, -0.1) is 0 Å². The van der Waals surface area contributed by atoms with Crippen molar-refractivity contribution in [3.63, 3.8) is 0 Å². The predicted molar refractivity (Wildman–Crippen MR) is 70.7 cm³/mol. The molecular formula is C15H29N. The highest BCUT2D eigenvalue weighted by Gasteiger charge is 2.37. The van der Waals surface area contributed by atoms with Crippen LogP contribution < -0.4 is 5.32 Å². The largest absolute Gasteiger partial charge is 0.312 e. The normalized spacial score (nSPS) is 27.4. The minimum Gasteiger partial charge on any atom is -0.312 e. The molecule has 0 aromatic heterocycles. The Labute approximate surface area is 101 Å². The molecule has 2 aliphatic carbocycles. The summed E-state index contributed by atoms with van der Waals surface area (Å²) in [7, 11) is 0. The van der Waals surface area contributed by atoms with Crippen LogP contribution >= 0.6 is 0 Å². The summed E-state index contributed by atoms with van der Waals surface area (Å²) < 4.78 is 0. The molecule has 2 fully saturated rings. The molecule has 1 nitrogen and oxygen atoms in total. The highest BCUT2D eigenvalue weighted by Crippen LogP contribution is 2.48. The molecule has 0 bridgehead atoms. The molecule has 0 aromatic carbocycles. The summed E-state index contributed by atoms with van der Waals surface area (Å²) in [5.74, 6) is 0. The van der Waals surface area contributed by atoms with Crippen LogP contribution in [0, 0.1) is 5.41 Å². The van der Waals surface area contributed by atoms with Gasteiger partial charge in [0, 0.05) is 12.1 Å². The Kier molecular flexibility index (Phi) is 4.29. The summed E-state index contributed by atoms with van der Waals surface area (Å²) >= 11 is 0. The van der Waals surface area contributed by atoms with Crippen LogP contribution in [-0.4, -0.2) is 12.1 Å². The van der Waals surface area contributed by atoms with Gasteiger partial charge in [0.05, 0.1) is 0 Å². The molecule has 2 aliphatic rings. The number of rotatable bonds is 4. The van der Waals surface area contributed by atoms with Gasteiger partial charge in [-0.2, -0.15) is 0 Å². The van der Waals surface area contributed by atoms with Gasteiger partial charge in [0.2, 0.25) is 0 Å². The van der Waals surface area contributed by atoms with Gasteiger partial charge in [0.25, 0.3) is 0 Å². The SMILES string of the molecule is CCCC(C)NC1CCC2(CCCC2)CC1. The molecule has 1 unspecified atom stereocenters. The summed E-state index contributed by atoms with van der Waals surface area (Å²) in [4.78, 5) is 0. The third-order valence-corrected chi connectivity index (χ3v) is 4.95. The Hall–Kier alpha value is -0.0400. The molecule has 0 radical (unpaired) electrons. The quantitative estimate of drug-likeness (QED) is 0.750. The molecule has 2 saturated carbocycles. The standard InChI is InChI=1S/C15H29N/c1-3-6-13(2)16-14-7-11-15(12-8-14)9-4-5-10-15/h13-14,16H,3-12H2,1-2H3. The molecular weight excluding hydrogens is 194 g/mol. The van der Waals surface area contributed by atoms with Gasteiger partial charge in [-0.05, 0) is 57.3 Å². The molecule has 0 aromatic rings. The van der Waals surface area contributed by atoms with Crippen molar-refractivity contribution in [3.05, 3.63) is 0 Å². The summed E-state index contributed by atoms with van der Waals surface area (Å²) in [5, 5.41) is 3.83.